The average Bonchev–Trinajstić information content (AvgIpc) is 2.18. The van der Waals surface area contributed by atoms with Crippen molar-refractivity contribution in [1.82, 2.24) is 0 Å². The number of hydrogen-bond acceptors (Lipinski definition) is 3. The summed E-state index contributed by atoms with van der Waals surface area (Å²) < 4.78 is 0. The molecule has 0 radical (unpaired) electrons. The van der Waals surface area contributed by atoms with Gasteiger partial charge in [-0.15, -0.1) is 0 Å². The quantitative estimate of drug-likeness (QED) is 0.658. The van der Waals surface area contributed by atoms with Gasteiger partial charge < -0.3 is 11.1 Å². The number of carbonyl (C=O) groups is 1. The Morgan fingerprint density at radius 2 is 2.29 bits per heavy atom. The normalized spacial score (nSPS) is 9.86. The van der Waals surface area contributed by atoms with Crippen LogP contribution >= 0.6 is 12.6 Å². The van der Waals surface area contributed by atoms with Crippen molar-refractivity contribution in [1.29, 1.82) is 0 Å². The number of amides is 1. The van der Waals surface area contributed by atoms with Gasteiger partial charge in [-0.1, -0.05) is 12.1 Å². The van der Waals surface area contributed by atoms with Gasteiger partial charge in [-0.3, -0.25) is 4.79 Å². The van der Waals surface area contributed by atoms with Crippen LogP contribution in [0.5, 0.6) is 0 Å². The number of carbonyl (C=O) groups excluding carboxylic acids is 1. The lowest BCUT2D eigenvalue weighted by Gasteiger charge is -2.05. The van der Waals surface area contributed by atoms with Crippen LogP contribution in [0.25, 0.3) is 0 Å². The van der Waals surface area contributed by atoms with Gasteiger partial charge in [0.15, 0.2) is 0 Å². The fourth-order valence-electron chi connectivity index (χ4n) is 1.10. The molecular formula is C10H14N2OS. The summed E-state index contributed by atoms with van der Waals surface area (Å²) in [6, 6.07) is 7.51. The SMILES string of the molecule is NCc1cccc(NC(=O)CCS)c1. The molecule has 3 nitrogen and oxygen atoms in total. The first-order chi connectivity index (χ1) is 6.76. The van der Waals surface area contributed by atoms with E-state index >= 15 is 0 Å². The lowest BCUT2D eigenvalue weighted by molar-refractivity contribution is -0.115. The monoisotopic (exact) mass is 210 g/mol. The van der Waals surface area contributed by atoms with E-state index in [9.17, 15) is 4.79 Å². The lowest BCUT2D eigenvalue weighted by atomic mass is 10.2. The van der Waals surface area contributed by atoms with Crippen molar-refractivity contribution in [3.05, 3.63) is 29.8 Å². The summed E-state index contributed by atoms with van der Waals surface area (Å²) in [5, 5.41) is 2.77. The average molecular weight is 210 g/mol. The summed E-state index contributed by atoms with van der Waals surface area (Å²) >= 11 is 3.98. The Morgan fingerprint density at radius 3 is 2.93 bits per heavy atom. The first kappa shape index (κ1) is 11.1. The van der Waals surface area contributed by atoms with Gasteiger partial charge in [0.1, 0.15) is 0 Å². The lowest BCUT2D eigenvalue weighted by Crippen LogP contribution is -2.12. The topological polar surface area (TPSA) is 55.1 Å². The van der Waals surface area contributed by atoms with E-state index in [1.165, 1.54) is 0 Å². The Morgan fingerprint density at radius 1 is 1.50 bits per heavy atom. The van der Waals surface area contributed by atoms with Gasteiger partial charge in [0.2, 0.25) is 5.91 Å². The van der Waals surface area contributed by atoms with E-state index in [0.717, 1.165) is 11.3 Å². The Hall–Kier alpha value is -1.00. The van der Waals surface area contributed by atoms with Crippen LogP contribution in [0.2, 0.25) is 0 Å². The smallest absolute Gasteiger partial charge is 0.225 e. The Balaban J connectivity index is 2.62. The molecule has 4 heteroatoms. The van der Waals surface area contributed by atoms with Crippen LogP contribution in [0.4, 0.5) is 5.69 Å². The molecule has 0 bridgehead atoms. The van der Waals surface area contributed by atoms with Gasteiger partial charge in [-0.25, -0.2) is 0 Å². The molecule has 0 spiro atoms. The van der Waals surface area contributed by atoms with Crippen LogP contribution in [-0.4, -0.2) is 11.7 Å². The predicted molar refractivity (Wildman–Crippen MR) is 61.4 cm³/mol. The highest BCUT2D eigenvalue weighted by molar-refractivity contribution is 7.80. The minimum absolute atomic E-state index is 0.0193. The maximum atomic E-state index is 11.2. The van der Waals surface area contributed by atoms with Crippen molar-refractivity contribution in [2.75, 3.05) is 11.1 Å². The predicted octanol–water partition coefficient (Wildman–Crippen LogP) is 1.40. The molecule has 3 N–H and O–H groups in total. The van der Waals surface area contributed by atoms with E-state index in [0.29, 0.717) is 18.7 Å². The Kier molecular flexibility index (Phi) is 4.49. The number of nitrogens with two attached hydrogens (primary N) is 1. The van der Waals surface area contributed by atoms with E-state index < -0.39 is 0 Å². The number of rotatable bonds is 4. The molecular weight excluding hydrogens is 196 g/mol. The maximum Gasteiger partial charge on any atom is 0.225 e. The molecule has 0 saturated carbocycles. The van der Waals surface area contributed by atoms with Crippen LogP contribution in [0, 0.1) is 0 Å². The molecule has 0 fully saturated rings. The molecule has 0 aromatic heterocycles. The molecule has 1 amide bonds. The summed E-state index contributed by atoms with van der Waals surface area (Å²) in [6.45, 7) is 0.482. The molecule has 0 heterocycles. The Labute approximate surface area is 89.1 Å². The molecule has 1 aromatic rings. The maximum absolute atomic E-state index is 11.2. The summed E-state index contributed by atoms with van der Waals surface area (Å²) in [4.78, 5) is 11.2. The van der Waals surface area contributed by atoms with Crippen molar-refractivity contribution in [2.45, 2.75) is 13.0 Å². The van der Waals surface area contributed by atoms with Crippen molar-refractivity contribution in [3.8, 4) is 0 Å². The number of benzene rings is 1. The zero-order valence-corrected chi connectivity index (χ0v) is 8.76. The summed E-state index contributed by atoms with van der Waals surface area (Å²) in [6.07, 6.45) is 0.427. The van der Waals surface area contributed by atoms with Crippen molar-refractivity contribution >= 4 is 24.2 Å². The molecule has 76 valence electrons. The molecule has 14 heavy (non-hydrogen) atoms. The van der Waals surface area contributed by atoms with Gasteiger partial charge in [0.25, 0.3) is 0 Å². The number of hydrogen-bond donors (Lipinski definition) is 3. The summed E-state index contributed by atoms with van der Waals surface area (Å²) in [7, 11) is 0. The molecule has 0 saturated heterocycles. The van der Waals surface area contributed by atoms with Gasteiger partial charge >= 0.3 is 0 Å². The summed E-state index contributed by atoms with van der Waals surface area (Å²) in [5.41, 5.74) is 7.28. The number of thiol groups is 1. The highest BCUT2D eigenvalue weighted by atomic mass is 32.1. The van der Waals surface area contributed by atoms with E-state index in [1.807, 2.05) is 24.3 Å². The van der Waals surface area contributed by atoms with E-state index in [2.05, 4.69) is 17.9 Å². The second kappa shape index (κ2) is 5.67. The van der Waals surface area contributed by atoms with Gasteiger partial charge in [-0.2, -0.15) is 12.6 Å². The molecule has 0 unspecified atom stereocenters. The van der Waals surface area contributed by atoms with Gasteiger partial charge in [0, 0.05) is 18.7 Å². The Bertz CT molecular complexity index is 315. The second-order valence-electron chi connectivity index (χ2n) is 2.93. The van der Waals surface area contributed by atoms with Crippen LogP contribution in [0.3, 0.4) is 0 Å². The highest BCUT2D eigenvalue weighted by Gasteiger charge is 2.00. The molecule has 0 aliphatic carbocycles. The van der Waals surface area contributed by atoms with E-state index in [4.69, 9.17) is 5.73 Å². The molecule has 1 aromatic carbocycles. The number of anilines is 1. The minimum Gasteiger partial charge on any atom is -0.326 e. The molecule has 0 aliphatic rings. The third-order valence-electron chi connectivity index (χ3n) is 1.79. The fraction of sp³-hybridized carbons (Fsp3) is 0.300. The van der Waals surface area contributed by atoms with Crippen LogP contribution in [0.15, 0.2) is 24.3 Å². The fourth-order valence-corrected chi connectivity index (χ4v) is 1.30. The van der Waals surface area contributed by atoms with Crippen molar-refractivity contribution in [2.24, 2.45) is 5.73 Å². The second-order valence-corrected chi connectivity index (χ2v) is 3.37. The van der Waals surface area contributed by atoms with Crippen molar-refractivity contribution < 1.29 is 4.79 Å². The van der Waals surface area contributed by atoms with Gasteiger partial charge in [0.05, 0.1) is 0 Å². The van der Waals surface area contributed by atoms with Crippen LogP contribution in [0.1, 0.15) is 12.0 Å². The molecule has 1 rings (SSSR count). The third-order valence-corrected chi connectivity index (χ3v) is 2.01. The van der Waals surface area contributed by atoms with E-state index in [1.54, 1.807) is 0 Å². The van der Waals surface area contributed by atoms with Crippen LogP contribution < -0.4 is 11.1 Å². The van der Waals surface area contributed by atoms with Gasteiger partial charge in [-0.05, 0) is 23.4 Å². The first-order valence-corrected chi connectivity index (χ1v) is 5.09. The molecule has 0 atom stereocenters. The summed E-state index contributed by atoms with van der Waals surface area (Å²) in [5.74, 6) is 0.539. The van der Waals surface area contributed by atoms with Crippen molar-refractivity contribution in [3.63, 3.8) is 0 Å². The zero-order chi connectivity index (χ0) is 10.4. The number of nitrogens with one attached hydrogen (secondary N) is 1. The largest absolute Gasteiger partial charge is 0.326 e. The first-order valence-electron chi connectivity index (χ1n) is 4.46. The van der Waals surface area contributed by atoms with Crippen LogP contribution in [-0.2, 0) is 11.3 Å². The highest BCUT2D eigenvalue weighted by Crippen LogP contribution is 2.10. The molecule has 0 aliphatic heterocycles. The zero-order valence-electron chi connectivity index (χ0n) is 7.86. The van der Waals surface area contributed by atoms with E-state index in [-0.39, 0.29) is 5.91 Å². The third kappa shape index (κ3) is 3.40. The minimum atomic E-state index is -0.0193. The standard InChI is InChI=1S/C10H14N2OS/c11-7-8-2-1-3-9(6-8)12-10(13)4-5-14/h1-3,6,14H,4-5,7,11H2,(H,12,13).